The predicted octanol–water partition coefficient (Wildman–Crippen LogP) is 2.50. The Morgan fingerprint density at radius 1 is 1.27 bits per heavy atom. The van der Waals surface area contributed by atoms with Crippen molar-refractivity contribution in [2.45, 2.75) is 0 Å². The van der Waals surface area contributed by atoms with Crippen molar-refractivity contribution in [3.05, 3.63) is 35.0 Å². The van der Waals surface area contributed by atoms with Gasteiger partial charge in [-0.3, -0.25) is 4.79 Å². The monoisotopic (exact) mass is 241 g/mol. The number of hydrogen-bond donors (Lipinski definition) is 1. The fourth-order valence-electron chi connectivity index (χ4n) is 1.25. The van der Waals surface area contributed by atoms with Crippen molar-refractivity contribution in [3.8, 4) is 11.3 Å². The molecule has 6 heteroatoms. The summed E-state index contributed by atoms with van der Waals surface area (Å²) < 4.78 is 0. The second kappa shape index (κ2) is 4.00. The van der Waals surface area contributed by atoms with Crippen molar-refractivity contribution >= 4 is 28.4 Å². The lowest BCUT2D eigenvalue weighted by molar-refractivity contribution is 0.108. The molecule has 0 fully saturated rings. The molecule has 1 heterocycles. The molecule has 76 valence electrons. The molecule has 2 aromatic rings. The van der Waals surface area contributed by atoms with Crippen LogP contribution in [0.4, 0.5) is 0 Å². The van der Waals surface area contributed by atoms with Crippen LogP contribution in [0.2, 0.25) is 5.15 Å². The van der Waals surface area contributed by atoms with Crippen LogP contribution < -0.4 is 0 Å². The van der Waals surface area contributed by atoms with E-state index in [4.69, 9.17) is 23.2 Å². The number of nitrogens with zero attached hydrogens (tertiary/aromatic N) is 2. The summed E-state index contributed by atoms with van der Waals surface area (Å²) in [7, 11) is 0. The van der Waals surface area contributed by atoms with Gasteiger partial charge >= 0.3 is 0 Å². The summed E-state index contributed by atoms with van der Waals surface area (Å²) in [6, 6.07) is 6.80. The Kier molecular flexibility index (Phi) is 2.70. The summed E-state index contributed by atoms with van der Waals surface area (Å²) in [6.07, 6.45) is 0. The molecular weight excluding hydrogens is 237 g/mol. The van der Waals surface area contributed by atoms with Crippen molar-refractivity contribution in [2.75, 3.05) is 0 Å². The van der Waals surface area contributed by atoms with Gasteiger partial charge in [0.15, 0.2) is 5.15 Å². The number of aromatic amines is 1. The highest BCUT2D eigenvalue weighted by atomic mass is 35.5. The number of carbonyl (C=O) groups excluding carboxylic acids is 1. The maximum absolute atomic E-state index is 11.1. The van der Waals surface area contributed by atoms with Gasteiger partial charge in [0, 0.05) is 11.1 Å². The number of halogens is 2. The van der Waals surface area contributed by atoms with Crippen molar-refractivity contribution in [3.63, 3.8) is 0 Å². The van der Waals surface area contributed by atoms with Crippen LogP contribution in [0.25, 0.3) is 11.3 Å². The van der Waals surface area contributed by atoms with E-state index in [1.807, 2.05) is 0 Å². The van der Waals surface area contributed by atoms with Crippen molar-refractivity contribution in [1.82, 2.24) is 15.4 Å². The molecule has 0 saturated heterocycles. The van der Waals surface area contributed by atoms with E-state index in [9.17, 15) is 4.79 Å². The lowest BCUT2D eigenvalue weighted by Gasteiger charge is -2.01. The van der Waals surface area contributed by atoms with Gasteiger partial charge in [0.1, 0.15) is 5.69 Å². The largest absolute Gasteiger partial charge is 0.276 e. The molecule has 0 radical (unpaired) electrons. The van der Waals surface area contributed by atoms with E-state index in [0.29, 0.717) is 16.8 Å². The third-order valence-electron chi connectivity index (χ3n) is 1.90. The molecular formula is C9H5Cl2N3O. The van der Waals surface area contributed by atoms with E-state index in [1.54, 1.807) is 24.3 Å². The first-order valence-corrected chi connectivity index (χ1v) is 4.81. The average Bonchev–Trinajstić information content (AvgIpc) is 2.64. The third kappa shape index (κ3) is 1.86. The van der Waals surface area contributed by atoms with E-state index < -0.39 is 5.24 Å². The summed E-state index contributed by atoms with van der Waals surface area (Å²) in [6.45, 7) is 0. The number of benzene rings is 1. The molecule has 0 aliphatic carbocycles. The van der Waals surface area contributed by atoms with Gasteiger partial charge in [-0.1, -0.05) is 29.8 Å². The van der Waals surface area contributed by atoms with Gasteiger partial charge in [-0.2, -0.15) is 10.3 Å². The second-order valence-electron chi connectivity index (χ2n) is 2.78. The molecule has 0 spiro atoms. The van der Waals surface area contributed by atoms with E-state index in [-0.39, 0.29) is 5.15 Å². The Labute approximate surface area is 95.2 Å². The maximum Gasteiger partial charge on any atom is 0.253 e. The van der Waals surface area contributed by atoms with Crippen LogP contribution in [0.3, 0.4) is 0 Å². The third-order valence-corrected chi connectivity index (χ3v) is 2.37. The van der Waals surface area contributed by atoms with Crippen LogP contribution in [0.15, 0.2) is 24.3 Å². The fraction of sp³-hybridized carbons (Fsp3) is 0. The van der Waals surface area contributed by atoms with Crippen molar-refractivity contribution in [1.29, 1.82) is 0 Å². The first-order valence-electron chi connectivity index (χ1n) is 4.05. The van der Waals surface area contributed by atoms with Gasteiger partial charge in [-0.15, -0.1) is 5.10 Å². The van der Waals surface area contributed by atoms with Crippen LogP contribution in [0, 0.1) is 0 Å². The lowest BCUT2D eigenvalue weighted by Crippen LogP contribution is -1.93. The minimum atomic E-state index is -0.551. The highest BCUT2D eigenvalue weighted by Gasteiger charge is 2.15. The first-order chi connectivity index (χ1) is 7.20. The normalized spacial score (nSPS) is 10.3. The van der Waals surface area contributed by atoms with E-state index >= 15 is 0 Å². The highest BCUT2D eigenvalue weighted by Crippen LogP contribution is 2.27. The van der Waals surface area contributed by atoms with Crippen LogP contribution in [-0.2, 0) is 0 Å². The van der Waals surface area contributed by atoms with Gasteiger partial charge < -0.3 is 0 Å². The van der Waals surface area contributed by atoms with Crippen LogP contribution in [-0.4, -0.2) is 20.7 Å². The molecule has 0 amide bonds. The highest BCUT2D eigenvalue weighted by molar-refractivity contribution is 6.68. The maximum atomic E-state index is 11.1. The molecule has 0 unspecified atom stereocenters. The Bertz CT molecular complexity index is 510. The molecule has 0 bridgehead atoms. The number of rotatable bonds is 2. The van der Waals surface area contributed by atoms with Crippen molar-refractivity contribution in [2.24, 2.45) is 0 Å². The quantitative estimate of drug-likeness (QED) is 0.823. The number of H-pyrrole nitrogens is 1. The molecule has 2 rings (SSSR count). The Morgan fingerprint density at radius 2 is 2.00 bits per heavy atom. The van der Waals surface area contributed by atoms with Gasteiger partial charge in [0.2, 0.25) is 0 Å². The Morgan fingerprint density at radius 3 is 2.60 bits per heavy atom. The minimum absolute atomic E-state index is 0.209. The summed E-state index contributed by atoms with van der Waals surface area (Å²) in [5.41, 5.74) is 1.34. The minimum Gasteiger partial charge on any atom is -0.276 e. The lowest BCUT2D eigenvalue weighted by atomic mass is 10.1. The van der Waals surface area contributed by atoms with Crippen LogP contribution in [0.5, 0.6) is 0 Å². The van der Waals surface area contributed by atoms with Crippen LogP contribution in [0.1, 0.15) is 10.4 Å². The zero-order chi connectivity index (χ0) is 10.8. The summed E-state index contributed by atoms with van der Waals surface area (Å²) >= 11 is 11.2. The molecule has 1 aromatic heterocycles. The molecule has 4 nitrogen and oxygen atoms in total. The zero-order valence-electron chi connectivity index (χ0n) is 7.37. The van der Waals surface area contributed by atoms with Gasteiger partial charge in [-0.05, 0) is 17.7 Å². The molecule has 1 aromatic carbocycles. The number of nitrogens with one attached hydrogen (secondary N) is 1. The number of hydrogen-bond acceptors (Lipinski definition) is 3. The SMILES string of the molecule is O=C(Cl)c1ccccc1-c1n[nH]nc1Cl. The molecule has 0 aliphatic heterocycles. The number of aromatic nitrogens is 3. The average molecular weight is 242 g/mol. The van der Waals surface area contributed by atoms with E-state index in [2.05, 4.69) is 15.4 Å². The molecule has 0 atom stereocenters. The smallest absolute Gasteiger partial charge is 0.253 e. The number of carbonyl (C=O) groups is 1. The van der Waals surface area contributed by atoms with Gasteiger partial charge in [-0.25, -0.2) is 0 Å². The Balaban J connectivity index is 2.63. The zero-order valence-corrected chi connectivity index (χ0v) is 8.88. The van der Waals surface area contributed by atoms with E-state index in [1.165, 1.54) is 0 Å². The van der Waals surface area contributed by atoms with Gasteiger partial charge in [0.05, 0.1) is 0 Å². The molecule has 15 heavy (non-hydrogen) atoms. The summed E-state index contributed by atoms with van der Waals surface area (Å²) in [5, 5.41) is 9.55. The fourth-order valence-corrected chi connectivity index (χ4v) is 1.60. The van der Waals surface area contributed by atoms with Crippen LogP contribution >= 0.6 is 23.2 Å². The summed E-state index contributed by atoms with van der Waals surface area (Å²) in [4.78, 5) is 11.1. The summed E-state index contributed by atoms with van der Waals surface area (Å²) in [5.74, 6) is 0. The molecule has 1 N–H and O–H groups in total. The Hall–Kier alpha value is -1.39. The van der Waals surface area contributed by atoms with Crippen molar-refractivity contribution < 1.29 is 4.79 Å². The first kappa shape index (κ1) is 10.1. The standard InChI is InChI=1S/C9H5Cl2N3O/c10-8-7(12-14-13-8)5-3-1-2-4-6(5)9(11)15/h1-4H,(H,12,13,14). The van der Waals surface area contributed by atoms with Gasteiger partial charge in [0.25, 0.3) is 5.24 Å². The topological polar surface area (TPSA) is 58.6 Å². The second-order valence-corrected chi connectivity index (χ2v) is 3.48. The molecule has 0 aliphatic rings. The predicted molar refractivity (Wildman–Crippen MR) is 57.0 cm³/mol. The van der Waals surface area contributed by atoms with E-state index in [0.717, 1.165) is 0 Å². The molecule has 0 saturated carbocycles.